The maximum Gasteiger partial charge on any atom is 0.127 e. The molecule has 1 heterocycles. The molecule has 0 unspecified atom stereocenters. The first kappa shape index (κ1) is 10.1. The fraction of sp³-hybridized carbons (Fsp3) is 0.182. The number of para-hydroxylation sites is 1. The molecule has 0 amide bonds. The van der Waals surface area contributed by atoms with E-state index in [9.17, 15) is 5.11 Å². The number of hydrogen-bond acceptors (Lipinski definition) is 4. The predicted octanol–water partition coefficient (Wildman–Crippen LogP) is 2.66. The van der Waals surface area contributed by atoms with E-state index in [4.69, 9.17) is 4.74 Å². The van der Waals surface area contributed by atoms with Gasteiger partial charge in [-0.05, 0) is 12.1 Å². The Labute approximate surface area is 92.0 Å². The number of thiazole rings is 1. The molecule has 0 atom stereocenters. The first-order chi connectivity index (χ1) is 7.31. The Hall–Kier alpha value is -1.39. The summed E-state index contributed by atoms with van der Waals surface area (Å²) in [5, 5.41) is 12.4. The van der Waals surface area contributed by atoms with Crippen molar-refractivity contribution in [1.29, 1.82) is 0 Å². The molecule has 1 N–H and O–H groups in total. The third-order valence-electron chi connectivity index (χ3n) is 1.98. The fourth-order valence-corrected chi connectivity index (χ4v) is 2.14. The summed E-state index contributed by atoms with van der Waals surface area (Å²) in [6, 6.07) is 7.19. The van der Waals surface area contributed by atoms with Gasteiger partial charge in [0.1, 0.15) is 10.8 Å². The minimum atomic E-state index is 0.260. The first-order valence-corrected chi connectivity index (χ1v) is 5.41. The molecule has 0 fully saturated rings. The Morgan fingerprint density at radius 2 is 2.20 bits per heavy atom. The zero-order valence-electron chi connectivity index (χ0n) is 8.30. The number of nitrogens with zero attached hydrogens (tertiary/aromatic N) is 1. The second-order valence-electron chi connectivity index (χ2n) is 3.09. The molecule has 0 saturated heterocycles. The number of rotatable bonds is 3. The van der Waals surface area contributed by atoms with Crippen LogP contribution >= 0.6 is 11.3 Å². The van der Waals surface area contributed by atoms with Crippen molar-refractivity contribution in [2.45, 2.75) is 6.61 Å². The molecule has 2 rings (SSSR count). The highest BCUT2D eigenvalue weighted by atomic mass is 32.1. The highest BCUT2D eigenvalue weighted by Gasteiger charge is 2.07. The van der Waals surface area contributed by atoms with Gasteiger partial charge < -0.3 is 9.84 Å². The van der Waals surface area contributed by atoms with Gasteiger partial charge in [-0.3, -0.25) is 0 Å². The molecule has 15 heavy (non-hydrogen) atoms. The normalized spacial score (nSPS) is 10.5. The van der Waals surface area contributed by atoms with Crippen molar-refractivity contribution in [3.05, 3.63) is 35.3 Å². The van der Waals surface area contributed by atoms with E-state index in [1.54, 1.807) is 19.2 Å². The minimum absolute atomic E-state index is 0.260. The van der Waals surface area contributed by atoms with Crippen LogP contribution in [0.25, 0.3) is 10.6 Å². The predicted molar refractivity (Wildman–Crippen MR) is 59.9 cm³/mol. The molecule has 0 spiro atoms. The zero-order valence-corrected chi connectivity index (χ0v) is 9.12. The SMILES string of the molecule is COCc1csc(-c2ccccc2O)n1. The molecule has 3 nitrogen and oxygen atoms in total. The highest BCUT2D eigenvalue weighted by Crippen LogP contribution is 2.30. The molecule has 4 heteroatoms. The molecule has 0 bridgehead atoms. The summed E-state index contributed by atoms with van der Waals surface area (Å²) in [6.45, 7) is 0.504. The van der Waals surface area contributed by atoms with E-state index < -0.39 is 0 Å². The van der Waals surface area contributed by atoms with E-state index in [0.29, 0.717) is 6.61 Å². The molecule has 0 radical (unpaired) electrons. The molecular formula is C11H11NO2S. The lowest BCUT2D eigenvalue weighted by molar-refractivity contribution is 0.182. The Kier molecular flexibility index (Phi) is 2.99. The zero-order chi connectivity index (χ0) is 10.7. The molecular weight excluding hydrogens is 210 g/mol. The van der Waals surface area contributed by atoms with Crippen molar-refractivity contribution in [3.8, 4) is 16.3 Å². The van der Waals surface area contributed by atoms with Crippen molar-refractivity contribution >= 4 is 11.3 Å². The average molecular weight is 221 g/mol. The monoisotopic (exact) mass is 221 g/mol. The number of phenols is 1. The molecule has 0 aliphatic heterocycles. The summed E-state index contributed by atoms with van der Waals surface area (Å²) in [4.78, 5) is 4.36. The van der Waals surface area contributed by atoms with Crippen LogP contribution in [0, 0.1) is 0 Å². The molecule has 0 aliphatic carbocycles. The van der Waals surface area contributed by atoms with Crippen LogP contribution in [0.5, 0.6) is 5.75 Å². The smallest absolute Gasteiger partial charge is 0.127 e. The van der Waals surface area contributed by atoms with Crippen LogP contribution in [-0.2, 0) is 11.3 Å². The van der Waals surface area contributed by atoms with E-state index in [2.05, 4.69) is 4.98 Å². The van der Waals surface area contributed by atoms with Crippen LogP contribution in [0.4, 0.5) is 0 Å². The summed E-state index contributed by atoms with van der Waals surface area (Å²) >= 11 is 1.51. The Balaban J connectivity index is 2.33. The largest absolute Gasteiger partial charge is 0.507 e. The summed E-state index contributed by atoms with van der Waals surface area (Å²) in [5.74, 6) is 0.260. The summed E-state index contributed by atoms with van der Waals surface area (Å²) in [5.41, 5.74) is 1.66. The van der Waals surface area contributed by atoms with Gasteiger partial charge in [-0.1, -0.05) is 12.1 Å². The molecule has 0 aliphatic rings. The fourth-order valence-electron chi connectivity index (χ4n) is 1.30. The Bertz CT molecular complexity index is 453. The molecule has 0 saturated carbocycles. The lowest BCUT2D eigenvalue weighted by atomic mass is 10.2. The quantitative estimate of drug-likeness (QED) is 0.866. The minimum Gasteiger partial charge on any atom is -0.507 e. The number of ether oxygens (including phenoxy) is 1. The lowest BCUT2D eigenvalue weighted by Gasteiger charge is -1.98. The van der Waals surface area contributed by atoms with Gasteiger partial charge in [0.2, 0.25) is 0 Å². The van der Waals surface area contributed by atoms with Crippen LogP contribution < -0.4 is 0 Å². The standard InChI is InChI=1S/C11H11NO2S/c1-14-6-8-7-15-11(12-8)9-4-2-3-5-10(9)13/h2-5,7,13H,6H2,1H3. The first-order valence-electron chi connectivity index (χ1n) is 4.53. The molecule has 1 aromatic heterocycles. The van der Waals surface area contributed by atoms with Crippen LogP contribution in [0.3, 0.4) is 0 Å². The van der Waals surface area contributed by atoms with Gasteiger partial charge in [0, 0.05) is 12.5 Å². The van der Waals surface area contributed by atoms with Gasteiger partial charge in [0.15, 0.2) is 0 Å². The van der Waals surface area contributed by atoms with Gasteiger partial charge in [0.25, 0.3) is 0 Å². The van der Waals surface area contributed by atoms with E-state index in [1.807, 2.05) is 17.5 Å². The lowest BCUT2D eigenvalue weighted by Crippen LogP contribution is -1.87. The van der Waals surface area contributed by atoms with Crippen molar-refractivity contribution in [3.63, 3.8) is 0 Å². The number of hydrogen-bond donors (Lipinski definition) is 1. The topological polar surface area (TPSA) is 42.4 Å². The molecule has 1 aromatic carbocycles. The van der Waals surface area contributed by atoms with Crippen molar-refractivity contribution < 1.29 is 9.84 Å². The Morgan fingerprint density at radius 3 is 2.93 bits per heavy atom. The summed E-state index contributed by atoms with van der Waals surface area (Å²) in [6.07, 6.45) is 0. The van der Waals surface area contributed by atoms with Crippen molar-refractivity contribution in [2.75, 3.05) is 7.11 Å². The maximum absolute atomic E-state index is 9.64. The average Bonchev–Trinajstić information content (AvgIpc) is 2.68. The van der Waals surface area contributed by atoms with E-state index in [0.717, 1.165) is 16.3 Å². The summed E-state index contributed by atoms with van der Waals surface area (Å²) < 4.78 is 4.99. The second-order valence-corrected chi connectivity index (χ2v) is 3.95. The third-order valence-corrected chi connectivity index (χ3v) is 2.90. The van der Waals surface area contributed by atoms with Gasteiger partial charge in [-0.2, -0.15) is 0 Å². The van der Waals surface area contributed by atoms with Gasteiger partial charge in [0.05, 0.1) is 17.9 Å². The van der Waals surface area contributed by atoms with E-state index >= 15 is 0 Å². The van der Waals surface area contributed by atoms with E-state index in [-0.39, 0.29) is 5.75 Å². The number of benzene rings is 1. The highest BCUT2D eigenvalue weighted by molar-refractivity contribution is 7.13. The molecule has 78 valence electrons. The number of aromatic nitrogens is 1. The summed E-state index contributed by atoms with van der Waals surface area (Å²) in [7, 11) is 1.64. The third kappa shape index (κ3) is 2.16. The van der Waals surface area contributed by atoms with E-state index in [1.165, 1.54) is 11.3 Å². The van der Waals surface area contributed by atoms with Gasteiger partial charge in [-0.15, -0.1) is 11.3 Å². The van der Waals surface area contributed by atoms with Crippen molar-refractivity contribution in [2.24, 2.45) is 0 Å². The van der Waals surface area contributed by atoms with Gasteiger partial charge >= 0.3 is 0 Å². The van der Waals surface area contributed by atoms with Crippen LogP contribution in [0.15, 0.2) is 29.6 Å². The molecule has 2 aromatic rings. The van der Waals surface area contributed by atoms with Crippen LogP contribution in [0.1, 0.15) is 5.69 Å². The Morgan fingerprint density at radius 1 is 1.40 bits per heavy atom. The van der Waals surface area contributed by atoms with Crippen molar-refractivity contribution in [1.82, 2.24) is 4.98 Å². The number of methoxy groups -OCH3 is 1. The number of aromatic hydroxyl groups is 1. The van der Waals surface area contributed by atoms with Gasteiger partial charge in [-0.25, -0.2) is 4.98 Å². The second kappa shape index (κ2) is 4.42. The van der Waals surface area contributed by atoms with Crippen LogP contribution in [0.2, 0.25) is 0 Å². The number of phenolic OH excluding ortho intramolecular Hbond substituents is 1. The van der Waals surface area contributed by atoms with Crippen LogP contribution in [-0.4, -0.2) is 17.2 Å². The maximum atomic E-state index is 9.64.